The predicted molar refractivity (Wildman–Crippen MR) is 71.0 cm³/mol. The highest BCUT2D eigenvalue weighted by Gasteiger charge is 2.48. The van der Waals surface area contributed by atoms with E-state index >= 15 is 0 Å². The summed E-state index contributed by atoms with van der Waals surface area (Å²) in [6.07, 6.45) is -11.7. The van der Waals surface area contributed by atoms with Crippen molar-refractivity contribution in [2.45, 2.75) is 56.8 Å². The van der Waals surface area contributed by atoms with Gasteiger partial charge in [-0.05, 0) is 37.6 Å². The molecule has 2 heterocycles. The minimum absolute atomic E-state index is 0.0987. The molecule has 2 aliphatic heterocycles. The van der Waals surface area contributed by atoms with Crippen LogP contribution in [0, 0.1) is 0 Å². The molecule has 0 bridgehead atoms. The van der Waals surface area contributed by atoms with Gasteiger partial charge in [0.2, 0.25) is 0 Å². The van der Waals surface area contributed by atoms with Crippen LogP contribution in [0.25, 0.3) is 0 Å². The highest BCUT2D eigenvalue weighted by atomic mass is 19.4. The number of fused-ring (bicyclic) bond motifs is 1. The van der Waals surface area contributed by atoms with Crippen LogP contribution in [0.15, 0.2) is 18.2 Å². The summed E-state index contributed by atoms with van der Waals surface area (Å²) in [5.74, 6) is -0.747. The lowest BCUT2D eigenvalue weighted by Crippen LogP contribution is -2.30. The standard InChI is InChI=1S/C15H15F6NO2/c1-6-11(7(2)24-13-12(22-13)23-6)8-3-9(14(16,17)18)5-10(4-8)15(19,20)21/h3-7,11-13,22H,1-2H3. The molecule has 0 aromatic heterocycles. The molecule has 2 aliphatic rings. The van der Waals surface area contributed by atoms with Crippen molar-refractivity contribution < 1.29 is 35.8 Å². The Labute approximate surface area is 133 Å². The predicted octanol–water partition coefficient (Wildman–Crippen LogP) is 3.89. The fourth-order valence-electron chi connectivity index (χ4n) is 3.05. The molecule has 0 radical (unpaired) electrons. The number of nitrogens with one attached hydrogen (secondary N) is 1. The summed E-state index contributed by atoms with van der Waals surface area (Å²) in [6, 6.07) is 1.60. The van der Waals surface area contributed by atoms with Gasteiger partial charge in [-0.2, -0.15) is 26.3 Å². The van der Waals surface area contributed by atoms with Gasteiger partial charge in [-0.15, -0.1) is 0 Å². The largest absolute Gasteiger partial charge is 0.416 e. The summed E-state index contributed by atoms with van der Waals surface area (Å²) in [4.78, 5) is 0. The van der Waals surface area contributed by atoms with Crippen molar-refractivity contribution in [2.75, 3.05) is 0 Å². The van der Waals surface area contributed by atoms with E-state index in [4.69, 9.17) is 9.47 Å². The lowest BCUT2D eigenvalue weighted by Gasteiger charge is -2.28. The smallest absolute Gasteiger partial charge is 0.355 e. The van der Waals surface area contributed by atoms with Crippen molar-refractivity contribution in [3.05, 3.63) is 34.9 Å². The minimum Gasteiger partial charge on any atom is -0.355 e. The quantitative estimate of drug-likeness (QED) is 0.614. The van der Waals surface area contributed by atoms with Crippen molar-refractivity contribution in [1.29, 1.82) is 0 Å². The first-order valence-electron chi connectivity index (χ1n) is 7.33. The van der Waals surface area contributed by atoms with Crippen molar-refractivity contribution in [3.8, 4) is 0 Å². The number of alkyl halides is 6. The number of halogens is 6. The maximum Gasteiger partial charge on any atom is 0.416 e. The molecule has 134 valence electrons. The number of benzene rings is 1. The molecule has 2 fully saturated rings. The molecule has 2 saturated heterocycles. The lowest BCUT2D eigenvalue weighted by atomic mass is 9.87. The Kier molecular flexibility index (Phi) is 4.09. The Morgan fingerprint density at radius 1 is 0.792 bits per heavy atom. The number of rotatable bonds is 1. The molecule has 24 heavy (non-hydrogen) atoms. The SMILES string of the molecule is CC1OC2NC2OC(C)C1c1cc(C(F)(F)F)cc(C(F)(F)F)c1. The Hall–Kier alpha value is -1.32. The van der Waals surface area contributed by atoms with Gasteiger partial charge in [-0.3, -0.25) is 5.32 Å². The molecule has 0 aliphatic carbocycles. The first-order chi connectivity index (χ1) is 11.0. The van der Waals surface area contributed by atoms with E-state index in [2.05, 4.69) is 5.32 Å². The van der Waals surface area contributed by atoms with Gasteiger partial charge in [0.1, 0.15) is 0 Å². The second kappa shape index (κ2) is 5.60. The molecule has 0 amide bonds. The third-order valence-corrected chi connectivity index (χ3v) is 4.22. The molecule has 0 spiro atoms. The molecular weight excluding hydrogens is 340 g/mol. The van der Waals surface area contributed by atoms with E-state index in [0.29, 0.717) is 0 Å². The fourth-order valence-corrected chi connectivity index (χ4v) is 3.05. The van der Waals surface area contributed by atoms with E-state index in [1.807, 2.05) is 0 Å². The number of hydrogen-bond acceptors (Lipinski definition) is 3. The van der Waals surface area contributed by atoms with Crippen LogP contribution in [0.5, 0.6) is 0 Å². The van der Waals surface area contributed by atoms with E-state index in [1.165, 1.54) is 0 Å². The van der Waals surface area contributed by atoms with Gasteiger partial charge in [0.25, 0.3) is 0 Å². The van der Waals surface area contributed by atoms with Gasteiger partial charge in [0.15, 0.2) is 12.5 Å². The molecule has 0 saturated carbocycles. The van der Waals surface area contributed by atoms with Crippen molar-refractivity contribution in [2.24, 2.45) is 0 Å². The highest BCUT2D eigenvalue weighted by Crippen LogP contribution is 2.41. The van der Waals surface area contributed by atoms with Gasteiger partial charge in [-0.25, -0.2) is 0 Å². The molecular formula is C15H15F6NO2. The van der Waals surface area contributed by atoms with Crippen LogP contribution in [0.1, 0.15) is 36.5 Å². The number of hydrogen-bond donors (Lipinski definition) is 1. The van der Waals surface area contributed by atoms with Crippen LogP contribution in [0.2, 0.25) is 0 Å². The van der Waals surface area contributed by atoms with Crippen LogP contribution in [0.4, 0.5) is 26.3 Å². The van der Waals surface area contributed by atoms with Gasteiger partial charge in [0.05, 0.1) is 23.3 Å². The van der Waals surface area contributed by atoms with Crippen LogP contribution in [-0.2, 0) is 21.8 Å². The van der Waals surface area contributed by atoms with Crippen molar-refractivity contribution >= 4 is 0 Å². The normalized spacial score (nSPS) is 33.8. The molecule has 4 atom stereocenters. The molecule has 4 unspecified atom stereocenters. The van der Waals surface area contributed by atoms with E-state index in [-0.39, 0.29) is 24.1 Å². The zero-order valence-corrected chi connectivity index (χ0v) is 12.7. The summed E-state index contributed by atoms with van der Waals surface area (Å²) in [6.45, 7) is 3.22. The van der Waals surface area contributed by atoms with Crippen molar-refractivity contribution in [1.82, 2.24) is 5.32 Å². The lowest BCUT2D eigenvalue weighted by molar-refractivity contribution is -0.143. The molecule has 1 N–H and O–H groups in total. The zero-order valence-electron chi connectivity index (χ0n) is 12.7. The summed E-state index contributed by atoms with van der Waals surface area (Å²) in [5.41, 5.74) is -2.77. The van der Waals surface area contributed by atoms with Crippen molar-refractivity contribution in [3.63, 3.8) is 0 Å². The van der Waals surface area contributed by atoms with E-state index in [1.54, 1.807) is 13.8 Å². The minimum atomic E-state index is -4.88. The Morgan fingerprint density at radius 2 is 1.21 bits per heavy atom. The molecule has 3 nitrogen and oxygen atoms in total. The maximum atomic E-state index is 13.0. The average Bonchev–Trinajstić information content (AvgIpc) is 3.14. The topological polar surface area (TPSA) is 40.4 Å². The summed E-state index contributed by atoms with van der Waals surface area (Å²) < 4.78 is 89.2. The third-order valence-electron chi connectivity index (χ3n) is 4.22. The fraction of sp³-hybridized carbons (Fsp3) is 0.600. The average molecular weight is 355 g/mol. The van der Waals surface area contributed by atoms with Gasteiger partial charge in [0, 0.05) is 5.92 Å². The van der Waals surface area contributed by atoms with Crippen LogP contribution >= 0.6 is 0 Å². The van der Waals surface area contributed by atoms with Gasteiger partial charge in [-0.1, -0.05) is 0 Å². The second-order valence-corrected chi connectivity index (χ2v) is 6.06. The Balaban J connectivity index is 2.05. The van der Waals surface area contributed by atoms with E-state index in [9.17, 15) is 26.3 Å². The molecule has 3 rings (SSSR count). The number of ether oxygens (including phenoxy) is 2. The zero-order chi connectivity index (χ0) is 17.9. The third kappa shape index (κ3) is 3.38. The van der Waals surface area contributed by atoms with Gasteiger partial charge < -0.3 is 9.47 Å². The monoisotopic (exact) mass is 355 g/mol. The molecule has 9 heteroatoms. The molecule has 1 aromatic rings. The van der Waals surface area contributed by atoms with Gasteiger partial charge >= 0.3 is 12.4 Å². The molecule has 1 aromatic carbocycles. The van der Waals surface area contributed by atoms with Crippen LogP contribution in [-0.4, -0.2) is 24.7 Å². The Bertz CT molecular complexity index is 581. The van der Waals surface area contributed by atoms with E-state index < -0.39 is 41.6 Å². The summed E-state index contributed by atoms with van der Waals surface area (Å²) >= 11 is 0. The summed E-state index contributed by atoms with van der Waals surface area (Å²) in [7, 11) is 0. The van der Waals surface area contributed by atoms with Crippen LogP contribution in [0.3, 0.4) is 0 Å². The maximum absolute atomic E-state index is 13.0. The first-order valence-corrected chi connectivity index (χ1v) is 7.33. The second-order valence-electron chi connectivity index (χ2n) is 6.06. The highest BCUT2D eigenvalue weighted by molar-refractivity contribution is 5.36. The van der Waals surface area contributed by atoms with Crippen LogP contribution < -0.4 is 5.32 Å². The van der Waals surface area contributed by atoms with E-state index in [0.717, 1.165) is 12.1 Å². The first kappa shape index (κ1) is 17.5. The summed E-state index contributed by atoms with van der Waals surface area (Å²) in [5, 5.41) is 2.87. The Morgan fingerprint density at radius 3 is 1.58 bits per heavy atom.